The van der Waals surface area contributed by atoms with Crippen LogP contribution in [0, 0.1) is 6.92 Å². The van der Waals surface area contributed by atoms with Crippen molar-refractivity contribution in [1.82, 2.24) is 19.5 Å². The van der Waals surface area contributed by atoms with Crippen molar-refractivity contribution in [3.63, 3.8) is 0 Å². The van der Waals surface area contributed by atoms with Gasteiger partial charge in [0.05, 0.1) is 12.0 Å². The summed E-state index contributed by atoms with van der Waals surface area (Å²) in [5.41, 5.74) is 12.0. The maximum Gasteiger partial charge on any atom is 0.228 e. The van der Waals surface area contributed by atoms with Crippen molar-refractivity contribution in [2.75, 3.05) is 11.1 Å². The maximum absolute atomic E-state index is 12.4. The van der Waals surface area contributed by atoms with Gasteiger partial charge in [-0.1, -0.05) is 30.3 Å². The number of hydrogen-bond acceptors (Lipinski definition) is 5. The Kier molecular flexibility index (Phi) is 5.28. The lowest BCUT2D eigenvalue weighted by Crippen LogP contribution is -2.14. The highest BCUT2D eigenvalue weighted by Gasteiger charge is 2.18. The van der Waals surface area contributed by atoms with Gasteiger partial charge in [-0.15, -0.1) is 0 Å². The molecule has 3 heterocycles. The average molecular weight is 435 g/mol. The van der Waals surface area contributed by atoms with E-state index in [1.54, 1.807) is 12.4 Å². The van der Waals surface area contributed by atoms with E-state index in [1.165, 1.54) is 0 Å². The van der Waals surface area contributed by atoms with E-state index in [2.05, 4.69) is 15.3 Å². The molecule has 0 aliphatic carbocycles. The summed E-state index contributed by atoms with van der Waals surface area (Å²) in [7, 11) is 0. The Hall–Kier alpha value is -4.52. The van der Waals surface area contributed by atoms with Crippen LogP contribution in [0.3, 0.4) is 0 Å². The number of aryl methyl sites for hydroxylation is 1. The Morgan fingerprint density at radius 1 is 0.939 bits per heavy atom. The molecule has 0 spiro atoms. The van der Waals surface area contributed by atoms with Gasteiger partial charge >= 0.3 is 0 Å². The Morgan fingerprint density at radius 3 is 2.48 bits per heavy atom. The Morgan fingerprint density at radius 2 is 1.73 bits per heavy atom. The molecule has 3 N–H and O–H groups in total. The van der Waals surface area contributed by atoms with E-state index in [4.69, 9.17) is 10.7 Å². The van der Waals surface area contributed by atoms with E-state index in [1.807, 2.05) is 84.3 Å². The molecule has 5 aromatic rings. The number of aromatic nitrogens is 4. The van der Waals surface area contributed by atoms with Gasteiger partial charge in [0.25, 0.3) is 0 Å². The van der Waals surface area contributed by atoms with Crippen molar-refractivity contribution in [3.8, 4) is 17.1 Å². The Labute approximate surface area is 191 Å². The van der Waals surface area contributed by atoms with Crippen LogP contribution in [-0.4, -0.2) is 25.4 Å². The van der Waals surface area contributed by atoms with Gasteiger partial charge in [-0.2, -0.15) is 0 Å². The van der Waals surface area contributed by atoms with E-state index in [0.717, 1.165) is 39.2 Å². The van der Waals surface area contributed by atoms with Crippen LogP contribution in [0.1, 0.15) is 11.1 Å². The smallest absolute Gasteiger partial charge is 0.228 e. The zero-order chi connectivity index (χ0) is 22.8. The molecule has 7 nitrogen and oxygen atoms in total. The number of carbonyl (C=O) groups is 1. The summed E-state index contributed by atoms with van der Waals surface area (Å²) < 4.78 is 1.98. The van der Waals surface area contributed by atoms with Gasteiger partial charge in [0.2, 0.25) is 5.91 Å². The first kappa shape index (κ1) is 20.4. The first-order valence-corrected chi connectivity index (χ1v) is 10.6. The van der Waals surface area contributed by atoms with E-state index in [0.29, 0.717) is 11.6 Å². The first-order chi connectivity index (χ1) is 16.1. The van der Waals surface area contributed by atoms with Crippen LogP contribution in [0.5, 0.6) is 0 Å². The van der Waals surface area contributed by atoms with Crippen LogP contribution in [0.4, 0.5) is 11.5 Å². The van der Waals surface area contributed by atoms with Gasteiger partial charge in [0, 0.05) is 23.8 Å². The predicted molar refractivity (Wildman–Crippen MR) is 130 cm³/mol. The summed E-state index contributed by atoms with van der Waals surface area (Å²) in [6, 6.07) is 22.9. The molecule has 0 radical (unpaired) electrons. The van der Waals surface area contributed by atoms with Crippen molar-refractivity contribution < 1.29 is 4.79 Å². The van der Waals surface area contributed by atoms with Crippen LogP contribution in [-0.2, 0) is 11.2 Å². The molecule has 0 fully saturated rings. The molecule has 0 atom stereocenters. The molecule has 0 unspecified atom stereocenters. The number of fused-ring (bicyclic) bond motifs is 1. The van der Waals surface area contributed by atoms with Crippen LogP contribution < -0.4 is 11.1 Å². The molecule has 1 amide bonds. The van der Waals surface area contributed by atoms with E-state index in [9.17, 15) is 4.79 Å². The van der Waals surface area contributed by atoms with Crippen molar-refractivity contribution in [2.24, 2.45) is 0 Å². The van der Waals surface area contributed by atoms with Gasteiger partial charge in [-0.25, -0.2) is 15.0 Å². The second kappa shape index (κ2) is 8.55. The number of para-hydroxylation sites is 1. The molecule has 0 saturated carbocycles. The summed E-state index contributed by atoms with van der Waals surface area (Å²) in [5.74, 6) is 1.01. The van der Waals surface area contributed by atoms with Crippen LogP contribution in [0.2, 0.25) is 0 Å². The van der Waals surface area contributed by atoms with Gasteiger partial charge in [-0.3, -0.25) is 9.36 Å². The van der Waals surface area contributed by atoms with Gasteiger partial charge < -0.3 is 11.1 Å². The van der Waals surface area contributed by atoms with Crippen molar-refractivity contribution in [1.29, 1.82) is 0 Å². The largest absolute Gasteiger partial charge is 0.383 e. The molecule has 0 aliphatic heterocycles. The molecule has 0 aliphatic rings. The van der Waals surface area contributed by atoms with Crippen molar-refractivity contribution >= 4 is 28.6 Å². The normalized spacial score (nSPS) is 10.9. The molecular weight excluding hydrogens is 412 g/mol. The molecule has 0 bridgehead atoms. The number of carbonyl (C=O) groups excluding carboxylic acids is 1. The number of nitrogens with one attached hydrogen (secondary N) is 1. The molecular formula is C26H22N6O. The minimum atomic E-state index is -0.0665. The summed E-state index contributed by atoms with van der Waals surface area (Å²) in [6.45, 7) is 2.01. The number of amides is 1. The monoisotopic (exact) mass is 434 g/mol. The summed E-state index contributed by atoms with van der Waals surface area (Å²) in [6.07, 6.45) is 3.71. The summed E-state index contributed by atoms with van der Waals surface area (Å²) >= 11 is 0. The van der Waals surface area contributed by atoms with E-state index >= 15 is 0 Å². The highest BCUT2D eigenvalue weighted by atomic mass is 16.1. The number of benzene rings is 2. The number of nitrogens with zero attached hydrogens (tertiary/aromatic N) is 4. The van der Waals surface area contributed by atoms with Crippen LogP contribution in [0.15, 0.2) is 85.2 Å². The molecule has 5 rings (SSSR count). The lowest BCUT2D eigenvalue weighted by Gasteiger charge is -2.11. The fourth-order valence-corrected chi connectivity index (χ4v) is 3.80. The van der Waals surface area contributed by atoms with Gasteiger partial charge in [0.15, 0.2) is 11.5 Å². The van der Waals surface area contributed by atoms with E-state index in [-0.39, 0.29) is 12.3 Å². The number of nitrogen functional groups attached to an aromatic ring is 1. The molecule has 162 valence electrons. The number of rotatable bonds is 5. The van der Waals surface area contributed by atoms with Crippen molar-refractivity contribution in [3.05, 3.63) is 96.3 Å². The Balaban J connectivity index is 1.50. The van der Waals surface area contributed by atoms with Crippen molar-refractivity contribution in [2.45, 2.75) is 13.3 Å². The zero-order valence-electron chi connectivity index (χ0n) is 18.1. The number of imidazole rings is 1. The predicted octanol–water partition coefficient (Wildman–Crippen LogP) is 4.55. The minimum Gasteiger partial charge on any atom is -0.383 e. The lowest BCUT2D eigenvalue weighted by atomic mass is 10.1. The Bertz CT molecular complexity index is 1440. The second-order valence-electron chi connectivity index (χ2n) is 7.76. The average Bonchev–Trinajstić information content (AvgIpc) is 3.21. The minimum absolute atomic E-state index is 0.0665. The standard InChI is InChI=1S/C26H22N6O/c1-17-13-15-29-26-23(17)31-25(21-8-5-14-28-24(21)27)32(26)20-11-9-18(10-12-20)16-22(33)30-19-6-3-2-4-7-19/h2-15H,16H2,1H3,(H2,27,28)(H,30,33). The number of nitrogens with two attached hydrogens (primary N) is 1. The maximum atomic E-state index is 12.4. The second-order valence-corrected chi connectivity index (χ2v) is 7.76. The third kappa shape index (κ3) is 4.04. The number of anilines is 2. The quantitative estimate of drug-likeness (QED) is 0.423. The van der Waals surface area contributed by atoms with Crippen LogP contribution >= 0.6 is 0 Å². The fourth-order valence-electron chi connectivity index (χ4n) is 3.80. The highest BCUT2D eigenvalue weighted by Crippen LogP contribution is 2.31. The molecule has 7 heteroatoms. The van der Waals surface area contributed by atoms with E-state index < -0.39 is 0 Å². The van der Waals surface area contributed by atoms with Gasteiger partial charge in [0.1, 0.15) is 11.3 Å². The molecule has 2 aromatic carbocycles. The number of pyridine rings is 2. The number of hydrogen-bond donors (Lipinski definition) is 2. The third-order valence-electron chi connectivity index (χ3n) is 5.44. The fraction of sp³-hybridized carbons (Fsp3) is 0.0769. The molecule has 3 aromatic heterocycles. The summed E-state index contributed by atoms with van der Waals surface area (Å²) in [5, 5.41) is 2.91. The lowest BCUT2D eigenvalue weighted by molar-refractivity contribution is -0.115. The highest BCUT2D eigenvalue weighted by molar-refractivity contribution is 5.92. The zero-order valence-corrected chi connectivity index (χ0v) is 18.1. The topological polar surface area (TPSA) is 98.7 Å². The molecule has 0 saturated heterocycles. The first-order valence-electron chi connectivity index (χ1n) is 10.6. The van der Waals surface area contributed by atoms with Gasteiger partial charge in [-0.05, 0) is 60.5 Å². The van der Waals surface area contributed by atoms with Crippen LogP contribution in [0.25, 0.3) is 28.2 Å². The summed E-state index contributed by atoms with van der Waals surface area (Å²) in [4.78, 5) is 26.1. The SMILES string of the molecule is Cc1ccnc2c1nc(-c1cccnc1N)n2-c1ccc(CC(=O)Nc2ccccc2)cc1. The third-order valence-corrected chi connectivity index (χ3v) is 5.44. The molecule has 33 heavy (non-hydrogen) atoms.